The molecule has 0 radical (unpaired) electrons. The monoisotopic (exact) mass is 316 g/mol. The largest absolute Gasteiger partial charge is 0.318 e. The second-order valence-electron chi connectivity index (χ2n) is 5.86. The Bertz CT molecular complexity index is 905. The summed E-state index contributed by atoms with van der Waals surface area (Å²) in [6.07, 6.45) is 1.86. The zero-order valence-corrected chi connectivity index (χ0v) is 14.2. The molecule has 2 aromatic carbocycles. The average molecular weight is 316 g/mol. The number of rotatable bonds is 4. The number of aromatic nitrogens is 1. The van der Waals surface area contributed by atoms with Crippen LogP contribution in [0.1, 0.15) is 34.2 Å². The van der Waals surface area contributed by atoms with Crippen LogP contribution in [0.4, 0.5) is 5.69 Å². The van der Waals surface area contributed by atoms with Gasteiger partial charge in [0.05, 0.1) is 5.69 Å². The van der Waals surface area contributed by atoms with Gasteiger partial charge in [0.2, 0.25) is 0 Å². The second kappa shape index (κ2) is 6.67. The topological polar surface area (TPSA) is 34.4 Å². The van der Waals surface area contributed by atoms with Crippen LogP contribution in [0.3, 0.4) is 0 Å². The van der Waals surface area contributed by atoms with Crippen molar-refractivity contribution in [1.82, 2.24) is 4.57 Å². The fraction of sp³-hybridized carbons (Fsp3) is 0.143. The number of benzene rings is 2. The Morgan fingerprint density at radius 1 is 1.00 bits per heavy atom. The first-order valence-corrected chi connectivity index (χ1v) is 7.95. The summed E-state index contributed by atoms with van der Waals surface area (Å²) >= 11 is 0. The first-order chi connectivity index (χ1) is 11.6. The molecule has 0 aliphatic rings. The predicted molar refractivity (Wildman–Crippen MR) is 98.9 cm³/mol. The SMILES string of the molecule is CC(=O)c1cccc(N=Cc2cc(C)n(-c3ccccc3)c2C)c1. The minimum absolute atomic E-state index is 0.0503. The van der Waals surface area contributed by atoms with E-state index in [0.717, 1.165) is 28.3 Å². The summed E-state index contributed by atoms with van der Waals surface area (Å²) in [6.45, 7) is 5.75. The zero-order valence-electron chi connectivity index (χ0n) is 14.2. The highest BCUT2D eigenvalue weighted by atomic mass is 16.1. The van der Waals surface area contributed by atoms with Crippen LogP contribution in [0.25, 0.3) is 5.69 Å². The van der Waals surface area contributed by atoms with Crippen LogP contribution in [-0.4, -0.2) is 16.6 Å². The summed E-state index contributed by atoms with van der Waals surface area (Å²) in [5.74, 6) is 0.0503. The van der Waals surface area contributed by atoms with Crippen molar-refractivity contribution < 1.29 is 4.79 Å². The van der Waals surface area contributed by atoms with E-state index < -0.39 is 0 Å². The Hall–Kier alpha value is -2.94. The molecule has 3 aromatic rings. The van der Waals surface area contributed by atoms with E-state index in [4.69, 9.17) is 0 Å². The summed E-state index contributed by atoms with van der Waals surface area (Å²) in [5.41, 5.74) is 5.99. The minimum Gasteiger partial charge on any atom is -0.318 e. The van der Waals surface area contributed by atoms with Gasteiger partial charge in [-0.1, -0.05) is 30.3 Å². The molecule has 0 N–H and O–H groups in total. The molecule has 3 rings (SSSR count). The van der Waals surface area contributed by atoms with Crippen molar-refractivity contribution in [2.24, 2.45) is 4.99 Å². The third kappa shape index (κ3) is 3.20. The molecule has 0 amide bonds. The van der Waals surface area contributed by atoms with Crippen molar-refractivity contribution in [2.75, 3.05) is 0 Å². The summed E-state index contributed by atoms with van der Waals surface area (Å²) in [7, 11) is 0. The highest BCUT2D eigenvalue weighted by Gasteiger charge is 2.09. The van der Waals surface area contributed by atoms with Gasteiger partial charge >= 0.3 is 0 Å². The van der Waals surface area contributed by atoms with Crippen LogP contribution in [-0.2, 0) is 0 Å². The molecule has 3 nitrogen and oxygen atoms in total. The number of para-hydroxylation sites is 1. The molecule has 1 heterocycles. The predicted octanol–water partition coefficient (Wildman–Crippen LogP) is 5.05. The summed E-state index contributed by atoms with van der Waals surface area (Å²) < 4.78 is 2.22. The quantitative estimate of drug-likeness (QED) is 0.490. The molecule has 0 bridgehead atoms. The Morgan fingerprint density at radius 3 is 2.46 bits per heavy atom. The second-order valence-corrected chi connectivity index (χ2v) is 5.86. The number of carbonyl (C=O) groups is 1. The molecule has 0 atom stereocenters. The maximum Gasteiger partial charge on any atom is 0.159 e. The van der Waals surface area contributed by atoms with Gasteiger partial charge in [-0.15, -0.1) is 0 Å². The molecule has 120 valence electrons. The number of ketones is 1. The molecule has 0 spiro atoms. The van der Waals surface area contributed by atoms with E-state index in [1.165, 1.54) is 0 Å². The van der Waals surface area contributed by atoms with Gasteiger partial charge in [-0.05, 0) is 51.1 Å². The highest BCUT2D eigenvalue weighted by molar-refractivity contribution is 5.95. The maximum atomic E-state index is 11.5. The maximum absolute atomic E-state index is 11.5. The fourth-order valence-corrected chi connectivity index (χ4v) is 2.84. The van der Waals surface area contributed by atoms with E-state index >= 15 is 0 Å². The molecule has 24 heavy (non-hydrogen) atoms. The smallest absolute Gasteiger partial charge is 0.159 e. The van der Waals surface area contributed by atoms with Crippen molar-refractivity contribution in [3.8, 4) is 5.69 Å². The molecule has 0 unspecified atom stereocenters. The van der Waals surface area contributed by atoms with Crippen LogP contribution >= 0.6 is 0 Å². The zero-order chi connectivity index (χ0) is 17.1. The van der Waals surface area contributed by atoms with Gasteiger partial charge in [0, 0.05) is 34.4 Å². The van der Waals surface area contributed by atoms with Crippen LogP contribution in [0.5, 0.6) is 0 Å². The third-order valence-corrected chi connectivity index (χ3v) is 4.09. The molecule has 0 fully saturated rings. The lowest BCUT2D eigenvalue weighted by Crippen LogP contribution is -1.99. The Morgan fingerprint density at radius 2 is 1.75 bits per heavy atom. The third-order valence-electron chi connectivity index (χ3n) is 4.09. The van der Waals surface area contributed by atoms with Crippen molar-refractivity contribution in [3.63, 3.8) is 0 Å². The van der Waals surface area contributed by atoms with Gasteiger partial charge in [0.25, 0.3) is 0 Å². The molecule has 1 aromatic heterocycles. The molecule has 3 heteroatoms. The molecular weight excluding hydrogens is 296 g/mol. The highest BCUT2D eigenvalue weighted by Crippen LogP contribution is 2.21. The number of nitrogens with zero attached hydrogens (tertiary/aromatic N) is 2. The number of Topliss-reactive ketones (excluding diaryl/α,β-unsaturated/α-hetero) is 1. The van der Waals surface area contributed by atoms with Crippen molar-refractivity contribution in [2.45, 2.75) is 20.8 Å². The Kier molecular flexibility index (Phi) is 4.43. The first-order valence-electron chi connectivity index (χ1n) is 7.95. The van der Waals surface area contributed by atoms with Crippen molar-refractivity contribution in [1.29, 1.82) is 0 Å². The van der Waals surface area contributed by atoms with E-state index in [1.54, 1.807) is 6.92 Å². The van der Waals surface area contributed by atoms with E-state index in [2.05, 4.69) is 41.6 Å². The van der Waals surface area contributed by atoms with Crippen LogP contribution in [0.2, 0.25) is 0 Å². The Labute approximate surface area is 142 Å². The van der Waals surface area contributed by atoms with E-state index in [9.17, 15) is 4.79 Å². The Balaban J connectivity index is 1.94. The standard InChI is InChI=1S/C21H20N2O/c1-15-12-19(16(2)23(15)21-10-5-4-6-11-21)14-22-20-9-7-8-18(13-20)17(3)24/h4-14H,1-3H3. The molecule has 0 saturated carbocycles. The average Bonchev–Trinajstić information content (AvgIpc) is 2.88. The van der Waals surface area contributed by atoms with Gasteiger partial charge < -0.3 is 4.57 Å². The van der Waals surface area contributed by atoms with Gasteiger partial charge in [-0.2, -0.15) is 0 Å². The molecule has 0 saturated heterocycles. The number of carbonyl (C=O) groups excluding carboxylic acids is 1. The van der Waals surface area contributed by atoms with E-state index in [0.29, 0.717) is 5.56 Å². The molecular formula is C21H20N2O. The van der Waals surface area contributed by atoms with Crippen LogP contribution < -0.4 is 0 Å². The number of hydrogen-bond donors (Lipinski definition) is 0. The fourth-order valence-electron chi connectivity index (χ4n) is 2.84. The normalized spacial score (nSPS) is 11.1. The van der Waals surface area contributed by atoms with Gasteiger partial charge in [-0.25, -0.2) is 0 Å². The summed E-state index contributed by atoms with van der Waals surface area (Å²) in [5, 5.41) is 0. The number of aryl methyl sites for hydroxylation is 1. The number of aliphatic imine (C=N–C) groups is 1. The van der Waals surface area contributed by atoms with Gasteiger partial charge in [-0.3, -0.25) is 9.79 Å². The van der Waals surface area contributed by atoms with Crippen molar-refractivity contribution in [3.05, 3.63) is 83.2 Å². The first kappa shape index (κ1) is 15.9. The summed E-state index contributed by atoms with van der Waals surface area (Å²) in [6, 6.07) is 19.8. The number of hydrogen-bond acceptors (Lipinski definition) is 2. The molecule has 0 aliphatic carbocycles. The van der Waals surface area contributed by atoms with E-state index in [-0.39, 0.29) is 5.78 Å². The minimum atomic E-state index is 0.0503. The van der Waals surface area contributed by atoms with Gasteiger partial charge in [0.15, 0.2) is 5.78 Å². The summed E-state index contributed by atoms with van der Waals surface area (Å²) in [4.78, 5) is 16.0. The van der Waals surface area contributed by atoms with Crippen molar-refractivity contribution >= 4 is 17.7 Å². The van der Waals surface area contributed by atoms with Crippen LogP contribution in [0, 0.1) is 13.8 Å². The lowest BCUT2D eigenvalue weighted by atomic mass is 10.1. The van der Waals surface area contributed by atoms with Crippen LogP contribution in [0.15, 0.2) is 65.7 Å². The van der Waals surface area contributed by atoms with E-state index in [1.807, 2.05) is 48.7 Å². The lowest BCUT2D eigenvalue weighted by molar-refractivity contribution is 0.101. The lowest BCUT2D eigenvalue weighted by Gasteiger charge is -2.08. The molecule has 0 aliphatic heterocycles. The van der Waals surface area contributed by atoms with Gasteiger partial charge in [0.1, 0.15) is 0 Å².